The smallest absolute Gasteiger partial charge is 0.261 e. The van der Waals surface area contributed by atoms with Crippen LogP contribution in [0.3, 0.4) is 0 Å². The van der Waals surface area contributed by atoms with Gasteiger partial charge in [-0.3, -0.25) is 28.7 Å². The number of nitrogens with zero attached hydrogens (tertiary/aromatic N) is 1. The van der Waals surface area contributed by atoms with Crippen LogP contribution in [0.15, 0.2) is 31.3 Å². The van der Waals surface area contributed by atoms with Crippen molar-refractivity contribution in [3.05, 3.63) is 53.5 Å². The predicted molar refractivity (Wildman–Crippen MR) is 99.2 cm³/mol. The Kier molecular flexibility index (Phi) is 4.97. The minimum Gasteiger partial charge on any atom is -0.288 e. The number of benzene rings is 1. The lowest BCUT2D eigenvalue weighted by molar-refractivity contribution is 0.541. The van der Waals surface area contributed by atoms with Crippen molar-refractivity contribution in [2.45, 2.75) is 58.4 Å². The molecular formula is C19H22N2O4. The summed E-state index contributed by atoms with van der Waals surface area (Å²) in [5.41, 5.74) is -1.79. The van der Waals surface area contributed by atoms with Crippen molar-refractivity contribution < 1.29 is 0 Å². The van der Waals surface area contributed by atoms with Gasteiger partial charge in [-0.2, -0.15) is 0 Å². The summed E-state index contributed by atoms with van der Waals surface area (Å²) in [6.45, 7) is 2.56. The average Bonchev–Trinajstić information content (AvgIpc) is 3.01. The van der Waals surface area contributed by atoms with Gasteiger partial charge in [0, 0.05) is 6.54 Å². The molecule has 3 aromatic rings. The number of aromatic nitrogens is 2. The molecule has 1 aromatic carbocycles. The van der Waals surface area contributed by atoms with Gasteiger partial charge in [0.2, 0.25) is 0 Å². The van der Waals surface area contributed by atoms with Crippen molar-refractivity contribution in [3.8, 4) is 0 Å². The zero-order valence-corrected chi connectivity index (χ0v) is 14.4. The molecular weight excluding hydrogens is 320 g/mol. The summed E-state index contributed by atoms with van der Waals surface area (Å²) >= 11 is 0. The molecule has 132 valence electrons. The first-order valence-corrected chi connectivity index (χ1v) is 8.94. The Bertz CT molecular complexity index is 1020. The number of nitrogens with one attached hydrogen (secondary N) is 1. The lowest BCUT2D eigenvalue weighted by atomic mass is 10.1. The second kappa shape index (κ2) is 7.17. The first-order chi connectivity index (χ1) is 12.0. The third kappa shape index (κ3) is 3.21. The Morgan fingerprint density at radius 2 is 1.20 bits per heavy atom. The summed E-state index contributed by atoms with van der Waals surface area (Å²) in [7, 11) is 0. The third-order valence-corrected chi connectivity index (χ3v) is 4.81. The van der Waals surface area contributed by atoms with Crippen molar-refractivity contribution in [1.29, 1.82) is 0 Å². The average molecular weight is 342 g/mol. The molecule has 0 radical (unpaired) electrons. The number of rotatable bonds is 8. The number of H-pyrrole nitrogens is 1. The maximum Gasteiger partial charge on any atom is 0.261 e. The molecule has 6 heteroatoms. The largest absolute Gasteiger partial charge is 0.288 e. The van der Waals surface area contributed by atoms with Gasteiger partial charge in [-0.05, 0) is 18.6 Å². The van der Waals surface area contributed by atoms with E-state index in [1.54, 1.807) is 0 Å². The molecule has 1 N–H and O–H groups in total. The summed E-state index contributed by atoms with van der Waals surface area (Å²) < 4.78 is 1.23. The summed E-state index contributed by atoms with van der Waals surface area (Å²) in [4.78, 5) is 50.6. The highest BCUT2D eigenvalue weighted by molar-refractivity contribution is 5.97. The third-order valence-electron chi connectivity index (χ3n) is 4.81. The van der Waals surface area contributed by atoms with Gasteiger partial charge in [0.25, 0.3) is 22.2 Å². The normalized spacial score (nSPS) is 11.7. The van der Waals surface area contributed by atoms with Crippen LogP contribution in [0.5, 0.6) is 0 Å². The van der Waals surface area contributed by atoms with Crippen LogP contribution in [0.4, 0.5) is 0 Å². The highest BCUT2D eigenvalue weighted by Gasteiger charge is 2.16. The SMILES string of the molecule is CCCCCCCCCn1c(=O)c2cc3c(=O)[nH]c(=O)c3cc2c1=O. The van der Waals surface area contributed by atoms with Crippen LogP contribution >= 0.6 is 0 Å². The molecule has 25 heavy (non-hydrogen) atoms. The van der Waals surface area contributed by atoms with E-state index in [0.29, 0.717) is 6.54 Å². The van der Waals surface area contributed by atoms with E-state index in [1.807, 2.05) is 0 Å². The topological polar surface area (TPSA) is 89.0 Å². The molecule has 0 fully saturated rings. The predicted octanol–water partition coefficient (Wildman–Crippen LogP) is 2.19. The molecule has 2 aromatic heterocycles. The van der Waals surface area contributed by atoms with Gasteiger partial charge >= 0.3 is 0 Å². The zero-order chi connectivity index (χ0) is 18.0. The van der Waals surface area contributed by atoms with E-state index >= 15 is 0 Å². The molecule has 0 unspecified atom stereocenters. The maximum atomic E-state index is 12.5. The molecule has 0 aliphatic heterocycles. The van der Waals surface area contributed by atoms with Crippen molar-refractivity contribution in [3.63, 3.8) is 0 Å². The Morgan fingerprint density at radius 1 is 0.720 bits per heavy atom. The van der Waals surface area contributed by atoms with Crippen LogP contribution in [-0.4, -0.2) is 9.55 Å². The molecule has 0 aliphatic carbocycles. The Labute approximate surface area is 143 Å². The monoisotopic (exact) mass is 342 g/mol. The number of hydrogen-bond acceptors (Lipinski definition) is 4. The van der Waals surface area contributed by atoms with Crippen molar-refractivity contribution in [1.82, 2.24) is 9.55 Å². The minimum absolute atomic E-state index is 0.169. The van der Waals surface area contributed by atoms with Gasteiger partial charge in [-0.25, -0.2) is 0 Å². The maximum absolute atomic E-state index is 12.5. The van der Waals surface area contributed by atoms with Crippen molar-refractivity contribution in [2.24, 2.45) is 0 Å². The molecule has 2 heterocycles. The second-order valence-electron chi connectivity index (χ2n) is 6.61. The molecule has 0 saturated heterocycles. The molecule has 0 aliphatic rings. The summed E-state index contributed by atoms with van der Waals surface area (Å²) in [5.74, 6) is 0. The van der Waals surface area contributed by atoms with Gasteiger partial charge in [0.1, 0.15) is 0 Å². The van der Waals surface area contributed by atoms with E-state index < -0.39 is 11.1 Å². The van der Waals surface area contributed by atoms with Crippen LogP contribution in [-0.2, 0) is 6.54 Å². The Balaban J connectivity index is 1.82. The summed E-state index contributed by atoms with van der Waals surface area (Å²) in [6.07, 6.45) is 7.72. The Morgan fingerprint density at radius 3 is 1.72 bits per heavy atom. The molecule has 3 rings (SSSR count). The van der Waals surface area contributed by atoms with Crippen LogP contribution in [0.1, 0.15) is 51.9 Å². The first-order valence-electron chi connectivity index (χ1n) is 8.94. The van der Waals surface area contributed by atoms with E-state index in [2.05, 4.69) is 11.9 Å². The molecule has 0 spiro atoms. The fraction of sp³-hybridized carbons (Fsp3) is 0.474. The fourth-order valence-corrected chi connectivity index (χ4v) is 3.38. The second-order valence-corrected chi connectivity index (χ2v) is 6.61. The lowest BCUT2D eigenvalue weighted by Crippen LogP contribution is -2.25. The molecule has 0 amide bonds. The molecule has 0 atom stereocenters. The van der Waals surface area contributed by atoms with Crippen LogP contribution in [0.2, 0.25) is 0 Å². The van der Waals surface area contributed by atoms with E-state index in [9.17, 15) is 19.2 Å². The van der Waals surface area contributed by atoms with Crippen molar-refractivity contribution >= 4 is 21.5 Å². The van der Waals surface area contributed by atoms with Crippen molar-refractivity contribution in [2.75, 3.05) is 0 Å². The highest BCUT2D eigenvalue weighted by atomic mass is 16.2. The van der Waals surface area contributed by atoms with E-state index in [1.165, 1.54) is 42.4 Å². The summed E-state index contributed by atoms with van der Waals surface area (Å²) in [6, 6.07) is 2.74. The minimum atomic E-state index is -0.520. The summed E-state index contributed by atoms with van der Waals surface area (Å²) in [5, 5.41) is 0.776. The molecule has 0 bridgehead atoms. The van der Waals surface area contributed by atoms with Gasteiger partial charge < -0.3 is 0 Å². The van der Waals surface area contributed by atoms with Gasteiger partial charge in [-0.15, -0.1) is 0 Å². The number of fused-ring (bicyclic) bond motifs is 2. The van der Waals surface area contributed by atoms with E-state index in [4.69, 9.17) is 0 Å². The quantitative estimate of drug-likeness (QED) is 0.636. The first kappa shape index (κ1) is 17.3. The number of aromatic amines is 1. The van der Waals surface area contributed by atoms with Crippen LogP contribution < -0.4 is 22.2 Å². The molecule has 0 saturated carbocycles. The van der Waals surface area contributed by atoms with E-state index in [-0.39, 0.29) is 32.7 Å². The number of unbranched alkanes of at least 4 members (excludes halogenated alkanes) is 6. The molecule has 6 nitrogen and oxygen atoms in total. The Hall–Kier alpha value is -2.50. The van der Waals surface area contributed by atoms with Gasteiger partial charge in [0.05, 0.1) is 21.5 Å². The zero-order valence-electron chi connectivity index (χ0n) is 14.4. The highest BCUT2D eigenvalue weighted by Crippen LogP contribution is 2.14. The van der Waals surface area contributed by atoms with Gasteiger partial charge in [-0.1, -0.05) is 45.4 Å². The lowest BCUT2D eigenvalue weighted by Gasteiger charge is -2.01. The van der Waals surface area contributed by atoms with Crippen LogP contribution in [0.25, 0.3) is 21.5 Å². The number of hydrogen-bond donors (Lipinski definition) is 1. The standard InChI is InChI=1S/C19H22N2O4/c1-2-3-4-5-6-7-8-9-21-18(24)14-10-12-13(11-15(14)19(21)25)17(23)20-16(12)22/h10-11H,2-9H2,1H3,(H,20,22,23). The van der Waals surface area contributed by atoms with E-state index in [0.717, 1.165) is 19.3 Å². The van der Waals surface area contributed by atoms with Crippen LogP contribution in [0, 0.1) is 0 Å². The van der Waals surface area contributed by atoms with Gasteiger partial charge in [0.15, 0.2) is 0 Å². The fourth-order valence-electron chi connectivity index (χ4n) is 3.38.